The second-order valence-electron chi connectivity index (χ2n) is 15.2. The SMILES string of the molecule is [B]=C(O)CC(NC(=O)C(CCCCN)NC(=O)C(CC(=[B])O)NC(C)C)C(=O)NC(C)CCCCNC(=O)C1CCC(CN(C)C(=O)CC(C)C=O)CC1. The minimum atomic E-state index is -1.22. The normalized spacial score (nSPS) is 18.2. The van der Waals surface area contributed by atoms with Gasteiger partial charge >= 0.3 is 222 Å². The number of nitrogens with one attached hydrogen (secondary N) is 5. The summed E-state index contributed by atoms with van der Waals surface area (Å²) in [7, 11) is 12.7. The van der Waals surface area contributed by atoms with Crippen LogP contribution in [0.2, 0.25) is 0 Å². The number of carbonyl (C=O) groups is 6. The summed E-state index contributed by atoms with van der Waals surface area (Å²) >= 11 is 0. The quantitative estimate of drug-likeness (QED) is 0.0314. The van der Waals surface area contributed by atoms with Crippen molar-refractivity contribution in [3.05, 3.63) is 0 Å². The molecule has 1 aliphatic rings. The van der Waals surface area contributed by atoms with E-state index in [1.807, 2.05) is 20.8 Å². The van der Waals surface area contributed by atoms with Gasteiger partial charge in [0.25, 0.3) is 0 Å². The van der Waals surface area contributed by atoms with Crippen LogP contribution < -0.4 is 32.3 Å². The molecule has 15 nitrogen and oxygen atoms in total. The maximum atomic E-state index is 13.4. The second kappa shape index (κ2) is 26.3. The Hall–Kier alpha value is -3.59. The fraction of sp³-hybridized carbons (Fsp3) is 0.784. The summed E-state index contributed by atoms with van der Waals surface area (Å²) in [6.07, 6.45) is 7.06. The van der Waals surface area contributed by atoms with Gasteiger partial charge in [0.1, 0.15) is 6.29 Å². The van der Waals surface area contributed by atoms with Crippen LogP contribution in [0.25, 0.3) is 0 Å². The first kappa shape index (κ1) is 48.4. The van der Waals surface area contributed by atoms with Crippen LogP contribution in [0.1, 0.15) is 111 Å². The van der Waals surface area contributed by atoms with Gasteiger partial charge in [-0.15, -0.1) is 0 Å². The molecule has 0 aromatic rings. The zero-order valence-corrected chi connectivity index (χ0v) is 33.0. The number of hydrogen-bond donors (Lipinski definition) is 8. The van der Waals surface area contributed by atoms with Crippen LogP contribution in [0.15, 0.2) is 0 Å². The smallest absolute Gasteiger partial charge is 0.345 e. The van der Waals surface area contributed by atoms with Crippen molar-refractivity contribution in [1.82, 2.24) is 31.5 Å². The fourth-order valence-electron chi connectivity index (χ4n) is 6.49. The molecule has 0 aliphatic heterocycles. The van der Waals surface area contributed by atoms with Crippen molar-refractivity contribution in [3.8, 4) is 0 Å². The molecule has 1 rings (SSSR count). The number of aliphatic hydroxyl groups is 2. The van der Waals surface area contributed by atoms with Crippen LogP contribution >= 0.6 is 0 Å². The predicted molar refractivity (Wildman–Crippen MR) is 211 cm³/mol. The molecule has 0 heterocycles. The van der Waals surface area contributed by atoms with Crippen molar-refractivity contribution >= 4 is 62.1 Å². The molecule has 0 saturated heterocycles. The van der Waals surface area contributed by atoms with Gasteiger partial charge in [0.05, 0.1) is 0 Å². The molecule has 0 spiro atoms. The molecule has 5 amide bonds. The summed E-state index contributed by atoms with van der Waals surface area (Å²) in [5, 5.41) is 33.6. The number of carbonyl (C=O) groups excluding carboxylic acids is 6. The molecule has 1 saturated carbocycles. The Morgan fingerprint density at radius 1 is 0.778 bits per heavy atom. The zero-order valence-electron chi connectivity index (χ0n) is 33.0. The standard InChI is InChI=1S/C37H65B2N7O8/c1-23(2)42-29(19-31(38)48)37(54)44-28(11-6-8-16-40)35(52)45-30(20-32(39)49)36(53)43-25(4)10-7-9-17-41-34(51)27-14-12-26(13-15-27)21-46(5)33(50)18-24(3)22-47/h22-30,42,48-49H,6-21,40H2,1-5H3,(H,41,51)(H,43,53)(H,44,54)(H,45,52). The van der Waals surface area contributed by atoms with E-state index in [2.05, 4.69) is 26.6 Å². The molecule has 9 N–H and O–H groups in total. The van der Waals surface area contributed by atoms with Gasteiger partial charge in [-0.25, -0.2) is 0 Å². The van der Waals surface area contributed by atoms with Gasteiger partial charge in [0.15, 0.2) is 0 Å². The summed E-state index contributed by atoms with van der Waals surface area (Å²) in [5.41, 5.74) is 4.64. The zero-order chi connectivity index (χ0) is 40.8. The number of unbranched alkanes of at least 4 members (excludes halogenated alkanes) is 2. The van der Waals surface area contributed by atoms with Gasteiger partial charge in [0.2, 0.25) is 5.91 Å². The van der Waals surface area contributed by atoms with Crippen LogP contribution in [0.4, 0.5) is 0 Å². The molecule has 302 valence electrons. The first-order chi connectivity index (χ1) is 25.5. The van der Waals surface area contributed by atoms with Crippen molar-refractivity contribution in [1.29, 1.82) is 0 Å². The first-order valence-corrected chi connectivity index (χ1v) is 19.4. The molecular formula is C37H65B2N7O8. The number of aliphatic hydroxyl groups excluding tert-OH is 2. The third-order valence-corrected chi connectivity index (χ3v) is 9.55. The third kappa shape index (κ3) is 20.2. The molecule has 1 aliphatic carbocycles. The van der Waals surface area contributed by atoms with E-state index in [9.17, 15) is 39.0 Å². The summed E-state index contributed by atoms with van der Waals surface area (Å²) in [6.45, 7) is 8.68. The average Bonchev–Trinajstić information content (AvgIpc) is 3.09. The number of hydrogen-bond acceptors (Lipinski definition) is 10. The Bertz CT molecular complexity index is 1250. The Kier molecular flexibility index (Phi) is 23.5. The molecule has 0 aromatic heterocycles. The van der Waals surface area contributed by atoms with Crippen molar-refractivity contribution in [2.45, 2.75) is 141 Å². The van der Waals surface area contributed by atoms with E-state index >= 15 is 0 Å². The number of amides is 5. The number of aldehydes is 1. The van der Waals surface area contributed by atoms with E-state index in [4.69, 9.17) is 20.7 Å². The molecule has 0 aromatic carbocycles. The molecule has 0 bridgehead atoms. The molecule has 54 heavy (non-hydrogen) atoms. The minimum absolute atomic E-state index is 0.0237. The van der Waals surface area contributed by atoms with E-state index in [1.54, 1.807) is 18.9 Å². The first-order valence-electron chi connectivity index (χ1n) is 19.4. The topological polar surface area (TPSA) is 232 Å². The van der Waals surface area contributed by atoms with Gasteiger partial charge in [-0.1, -0.05) is 6.92 Å². The summed E-state index contributed by atoms with van der Waals surface area (Å²) in [6, 6.07) is -3.58. The van der Waals surface area contributed by atoms with E-state index < -0.39 is 47.1 Å². The molecule has 5 unspecified atom stereocenters. The van der Waals surface area contributed by atoms with Crippen LogP contribution in [0.3, 0.4) is 0 Å². The second-order valence-corrected chi connectivity index (χ2v) is 15.2. The Morgan fingerprint density at radius 3 is 1.91 bits per heavy atom. The molecular weight excluding hydrogens is 692 g/mol. The van der Waals surface area contributed by atoms with Crippen molar-refractivity contribution in [3.63, 3.8) is 0 Å². The van der Waals surface area contributed by atoms with Crippen LogP contribution in [-0.2, 0) is 28.8 Å². The summed E-state index contributed by atoms with van der Waals surface area (Å²) in [5.74, 6) is -1.82. The maximum absolute atomic E-state index is 13.4. The van der Waals surface area contributed by atoms with Gasteiger partial charge in [-0.3, -0.25) is 9.59 Å². The van der Waals surface area contributed by atoms with Crippen LogP contribution in [0.5, 0.6) is 0 Å². The number of nitrogens with zero attached hydrogens (tertiary/aromatic N) is 1. The van der Waals surface area contributed by atoms with E-state index in [0.29, 0.717) is 57.7 Å². The van der Waals surface area contributed by atoms with Crippen molar-refractivity contribution in [2.24, 2.45) is 23.5 Å². The van der Waals surface area contributed by atoms with E-state index in [1.165, 1.54) is 0 Å². The van der Waals surface area contributed by atoms with Crippen molar-refractivity contribution < 1.29 is 39.0 Å². The predicted octanol–water partition coefficient (Wildman–Crippen LogP) is -0.145. The monoisotopic (exact) mass is 758 g/mol. The average molecular weight is 758 g/mol. The fourth-order valence-corrected chi connectivity index (χ4v) is 6.49. The van der Waals surface area contributed by atoms with Crippen LogP contribution in [0, 0.1) is 17.8 Å². The van der Waals surface area contributed by atoms with Gasteiger partial charge in [-0.05, 0) is 31.6 Å². The molecule has 2 radical (unpaired) electrons. The molecule has 1 fully saturated rings. The van der Waals surface area contributed by atoms with Crippen molar-refractivity contribution in [2.75, 3.05) is 26.7 Å². The summed E-state index contributed by atoms with van der Waals surface area (Å²) in [4.78, 5) is 77.5. The number of nitrogens with two attached hydrogens (primary N) is 1. The van der Waals surface area contributed by atoms with E-state index in [-0.39, 0.29) is 61.4 Å². The Balaban J connectivity index is 2.61. The Morgan fingerprint density at radius 2 is 1.33 bits per heavy atom. The van der Waals surface area contributed by atoms with Gasteiger partial charge in [-0.2, -0.15) is 0 Å². The molecule has 17 heteroatoms. The van der Waals surface area contributed by atoms with E-state index in [0.717, 1.165) is 32.0 Å². The Labute approximate surface area is 323 Å². The third-order valence-electron chi connectivity index (χ3n) is 9.55. The molecule has 5 atom stereocenters. The van der Waals surface area contributed by atoms with Gasteiger partial charge < -0.3 is 9.69 Å². The summed E-state index contributed by atoms with van der Waals surface area (Å²) < 4.78 is 0. The van der Waals surface area contributed by atoms with Gasteiger partial charge in [0, 0.05) is 31.8 Å². The number of rotatable bonds is 27. The van der Waals surface area contributed by atoms with Crippen LogP contribution in [-0.4, -0.2) is 134 Å². The minimum Gasteiger partial charge on any atom is -0.345 e.